The Hall–Kier alpha value is -3.73. The maximum absolute atomic E-state index is 13.6. The van der Waals surface area contributed by atoms with E-state index in [-0.39, 0.29) is 25.0 Å². The molecule has 11 heteroatoms. The molecule has 1 rings (SSSR count). The molecule has 258 valence electrons. The summed E-state index contributed by atoms with van der Waals surface area (Å²) in [4.78, 5) is 62.2. The van der Waals surface area contributed by atoms with E-state index >= 15 is 0 Å². The molecule has 0 heterocycles. The lowest BCUT2D eigenvalue weighted by Crippen LogP contribution is -2.54. The first-order valence-electron chi connectivity index (χ1n) is 16.4. The molecular formula is C35H53NO10. The maximum atomic E-state index is 13.6. The highest BCUT2D eigenvalue weighted by molar-refractivity contribution is 5.92. The Morgan fingerprint density at radius 3 is 2.02 bits per heavy atom. The van der Waals surface area contributed by atoms with E-state index in [9.17, 15) is 39.3 Å². The summed E-state index contributed by atoms with van der Waals surface area (Å²) >= 11 is 0. The van der Waals surface area contributed by atoms with E-state index < -0.39 is 47.8 Å². The van der Waals surface area contributed by atoms with E-state index in [0.717, 1.165) is 45.6 Å². The number of unbranched alkanes of at least 4 members (excludes halogenated alkanes) is 8. The van der Waals surface area contributed by atoms with Crippen LogP contribution in [0.15, 0.2) is 36.4 Å². The third-order valence-corrected chi connectivity index (χ3v) is 7.98. The van der Waals surface area contributed by atoms with E-state index in [1.807, 2.05) is 0 Å². The van der Waals surface area contributed by atoms with E-state index in [1.165, 1.54) is 44.6 Å². The first kappa shape index (κ1) is 40.3. The van der Waals surface area contributed by atoms with Gasteiger partial charge in [-0.15, -0.1) is 0 Å². The molecule has 0 fully saturated rings. The third-order valence-electron chi connectivity index (χ3n) is 7.98. The van der Waals surface area contributed by atoms with Gasteiger partial charge in [0.15, 0.2) is 5.60 Å². The smallest absolute Gasteiger partial charge is 0.336 e. The fourth-order valence-electron chi connectivity index (χ4n) is 5.15. The summed E-state index contributed by atoms with van der Waals surface area (Å²) in [6.45, 7) is 2.16. The van der Waals surface area contributed by atoms with Gasteiger partial charge < -0.3 is 30.1 Å². The molecule has 0 aliphatic rings. The molecule has 1 aromatic carbocycles. The summed E-state index contributed by atoms with van der Waals surface area (Å²) in [6.07, 6.45) is 12.8. The Bertz CT molecular complexity index is 1120. The monoisotopic (exact) mass is 647 g/mol. The number of amides is 1. The molecular weight excluding hydrogens is 594 g/mol. The van der Waals surface area contributed by atoms with E-state index in [4.69, 9.17) is 4.74 Å². The number of carbonyl (C=O) groups is 5. The van der Waals surface area contributed by atoms with Crippen LogP contribution in [-0.2, 0) is 39.9 Å². The summed E-state index contributed by atoms with van der Waals surface area (Å²) in [5.74, 6) is -5.19. The highest BCUT2D eigenvalue weighted by Crippen LogP contribution is 2.28. The number of hydrogen-bond acceptors (Lipinski definition) is 9. The van der Waals surface area contributed by atoms with Crippen molar-refractivity contribution in [3.8, 4) is 5.75 Å². The lowest BCUT2D eigenvalue weighted by Gasteiger charge is -2.31. The van der Waals surface area contributed by atoms with Gasteiger partial charge in [-0.2, -0.15) is 0 Å². The molecule has 1 amide bonds. The fourth-order valence-corrected chi connectivity index (χ4v) is 5.15. The van der Waals surface area contributed by atoms with Crippen LogP contribution in [0.4, 0.5) is 0 Å². The first-order valence-corrected chi connectivity index (χ1v) is 16.4. The standard InChI is InChI=1S/C35H53NO10/c1-4-5-6-9-12-16-27(37)17-13-10-7-8-11-14-18-29(35(44,34(42)43)24-15-19-31(39)45-2)32(40)36-30(33(41)46-3)25-26-20-22-28(38)23-21-26/h14,18,20-23,29-30,38,44H,4-13,15-17,19,24-25H2,1-3H3,(H,36,40)(H,42,43)/b18-14+/t29-,30+,35+/m1/s1. The number of aliphatic carboxylic acids is 1. The zero-order chi connectivity index (χ0) is 34.4. The number of Topliss-reactive ketones (excluding diaryl/α,β-unsaturated/α-hetero) is 1. The van der Waals surface area contributed by atoms with Gasteiger partial charge in [-0.05, 0) is 56.2 Å². The van der Waals surface area contributed by atoms with Crippen molar-refractivity contribution in [2.45, 2.75) is 121 Å². The maximum Gasteiger partial charge on any atom is 0.336 e. The minimum absolute atomic E-state index is 0.00959. The molecule has 0 saturated heterocycles. The van der Waals surface area contributed by atoms with Crippen molar-refractivity contribution >= 4 is 29.6 Å². The Morgan fingerprint density at radius 1 is 0.848 bits per heavy atom. The summed E-state index contributed by atoms with van der Waals surface area (Å²) in [5.41, 5.74) is -1.98. The molecule has 4 N–H and O–H groups in total. The predicted molar refractivity (Wildman–Crippen MR) is 173 cm³/mol. The molecule has 11 nitrogen and oxygen atoms in total. The number of esters is 2. The molecule has 0 spiro atoms. The Labute approximate surface area is 272 Å². The Balaban J connectivity index is 2.91. The minimum Gasteiger partial charge on any atom is -0.508 e. The highest BCUT2D eigenvalue weighted by atomic mass is 16.5. The van der Waals surface area contributed by atoms with Crippen molar-refractivity contribution < 1.29 is 48.8 Å². The van der Waals surface area contributed by atoms with Crippen molar-refractivity contribution in [2.24, 2.45) is 5.92 Å². The van der Waals surface area contributed by atoms with E-state index in [2.05, 4.69) is 17.0 Å². The van der Waals surface area contributed by atoms with Crippen LogP contribution < -0.4 is 5.32 Å². The second-order valence-electron chi connectivity index (χ2n) is 11.7. The summed E-state index contributed by atoms with van der Waals surface area (Å²) in [5, 5.41) is 33.5. The second-order valence-corrected chi connectivity index (χ2v) is 11.7. The quantitative estimate of drug-likeness (QED) is 0.0627. The van der Waals surface area contributed by atoms with Crippen LogP contribution in [0, 0.1) is 5.92 Å². The zero-order valence-corrected chi connectivity index (χ0v) is 27.6. The number of benzene rings is 1. The number of carboxylic acid groups (broad SMARTS) is 1. The van der Waals surface area contributed by atoms with Crippen LogP contribution in [0.1, 0.15) is 109 Å². The van der Waals surface area contributed by atoms with Crippen molar-refractivity contribution in [2.75, 3.05) is 14.2 Å². The molecule has 0 radical (unpaired) electrons. The van der Waals surface area contributed by atoms with Gasteiger partial charge in [-0.3, -0.25) is 14.4 Å². The number of phenolic OH excluding ortho intramolecular Hbond substituents is 1. The van der Waals surface area contributed by atoms with Gasteiger partial charge in [-0.25, -0.2) is 9.59 Å². The number of ketones is 1. The first-order chi connectivity index (χ1) is 22.0. The number of allylic oxidation sites excluding steroid dienone is 1. The molecule has 0 bridgehead atoms. The number of ether oxygens (including phenoxy) is 2. The molecule has 3 atom stereocenters. The highest BCUT2D eigenvalue weighted by Gasteiger charge is 2.47. The van der Waals surface area contributed by atoms with Crippen molar-refractivity contribution in [3.63, 3.8) is 0 Å². The van der Waals surface area contributed by atoms with Crippen molar-refractivity contribution in [3.05, 3.63) is 42.0 Å². The molecule has 0 aliphatic carbocycles. The lowest BCUT2D eigenvalue weighted by molar-refractivity contribution is -0.168. The van der Waals surface area contributed by atoms with Crippen LogP contribution in [-0.4, -0.2) is 70.8 Å². The van der Waals surface area contributed by atoms with Gasteiger partial charge in [0.2, 0.25) is 5.91 Å². The van der Waals surface area contributed by atoms with Crippen LogP contribution in [0.5, 0.6) is 5.75 Å². The Kier molecular flexibility index (Phi) is 19.9. The number of aromatic hydroxyl groups is 1. The van der Waals surface area contributed by atoms with Gasteiger partial charge in [0, 0.05) is 25.7 Å². The van der Waals surface area contributed by atoms with Crippen LogP contribution in [0.25, 0.3) is 0 Å². The van der Waals surface area contributed by atoms with Crippen LogP contribution in [0.2, 0.25) is 0 Å². The average Bonchev–Trinajstić information content (AvgIpc) is 3.03. The number of nitrogens with one attached hydrogen (secondary N) is 1. The van der Waals surface area contributed by atoms with Gasteiger partial charge >= 0.3 is 17.9 Å². The number of methoxy groups -OCH3 is 2. The van der Waals surface area contributed by atoms with E-state index in [0.29, 0.717) is 30.6 Å². The predicted octanol–water partition coefficient (Wildman–Crippen LogP) is 5.19. The number of rotatable bonds is 25. The number of carboxylic acids is 1. The van der Waals surface area contributed by atoms with Gasteiger partial charge in [0.25, 0.3) is 0 Å². The third kappa shape index (κ3) is 15.5. The van der Waals surface area contributed by atoms with Crippen LogP contribution >= 0.6 is 0 Å². The largest absolute Gasteiger partial charge is 0.508 e. The zero-order valence-electron chi connectivity index (χ0n) is 27.6. The normalized spacial score (nSPS) is 13.8. The number of carbonyl (C=O) groups excluding carboxylic acids is 4. The second kappa shape index (κ2) is 22.7. The van der Waals surface area contributed by atoms with Gasteiger partial charge in [-0.1, -0.05) is 69.7 Å². The van der Waals surface area contributed by atoms with Gasteiger partial charge in [0.1, 0.15) is 17.6 Å². The summed E-state index contributed by atoms with van der Waals surface area (Å²) in [7, 11) is 2.35. The number of hydrogen-bond donors (Lipinski definition) is 4. The SMILES string of the molecule is CCCCCCCC(=O)CCCCCC/C=C/[C@H](C(=O)N[C@@H](Cc1ccc(O)cc1)C(=O)OC)[C@@](O)(CCCC(=O)OC)C(=O)O. The average molecular weight is 648 g/mol. The summed E-state index contributed by atoms with van der Waals surface area (Å²) < 4.78 is 9.45. The Morgan fingerprint density at radius 2 is 1.46 bits per heavy atom. The molecule has 0 saturated carbocycles. The van der Waals surface area contributed by atoms with Crippen molar-refractivity contribution in [1.29, 1.82) is 0 Å². The molecule has 0 aromatic heterocycles. The molecule has 1 aromatic rings. The van der Waals surface area contributed by atoms with Gasteiger partial charge in [0.05, 0.1) is 20.1 Å². The fraction of sp³-hybridized carbons (Fsp3) is 0.629. The lowest BCUT2D eigenvalue weighted by atomic mass is 9.81. The minimum atomic E-state index is -2.58. The number of aliphatic hydroxyl groups is 1. The number of phenols is 1. The van der Waals surface area contributed by atoms with Crippen molar-refractivity contribution in [1.82, 2.24) is 5.32 Å². The molecule has 0 aliphatic heterocycles. The van der Waals surface area contributed by atoms with E-state index in [1.54, 1.807) is 18.2 Å². The summed E-state index contributed by atoms with van der Waals surface area (Å²) in [6, 6.07) is 4.79. The topological polar surface area (TPSA) is 177 Å². The molecule has 46 heavy (non-hydrogen) atoms. The molecule has 0 unspecified atom stereocenters. The van der Waals surface area contributed by atoms with Crippen LogP contribution in [0.3, 0.4) is 0 Å².